The number of aromatic nitrogens is 5. The number of hydrogen-bond acceptors (Lipinski definition) is 5. The number of rotatable bonds is 5. The smallest absolute Gasteiger partial charge is 0.258 e. The minimum absolute atomic E-state index is 0.0804. The average Bonchev–Trinajstić information content (AvgIpc) is 3.24. The summed E-state index contributed by atoms with van der Waals surface area (Å²) in [5, 5.41) is 6.10. The molecule has 0 aliphatic heterocycles. The summed E-state index contributed by atoms with van der Waals surface area (Å²) in [6.07, 6.45) is 6.10. The Balaban J connectivity index is 1.47. The van der Waals surface area contributed by atoms with Crippen LogP contribution in [0.1, 0.15) is 61.8 Å². The third-order valence-corrected chi connectivity index (χ3v) is 6.84. The highest BCUT2D eigenvalue weighted by Gasteiger charge is 2.24. The van der Waals surface area contributed by atoms with Crippen LogP contribution >= 0.6 is 11.8 Å². The maximum atomic E-state index is 12.5. The third-order valence-electron chi connectivity index (χ3n) is 5.88. The van der Waals surface area contributed by atoms with Gasteiger partial charge in [-0.2, -0.15) is 0 Å². The second-order valence-electron chi connectivity index (χ2n) is 8.06. The van der Waals surface area contributed by atoms with Crippen molar-refractivity contribution in [3.8, 4) is 5.69 Å². The van der Waals surface area contributed by atoms with Gasteiger partial charge in [0.25, 0.3) is 5.56 Å². The molecular weight excluding hydrogens is 406 g/mol. The van der Waals surface area contributed by atoms with Crippen LogP contribution in [-0.4, -0.2) is 24.7 Å². The molecule has 0 unspecified atom stereocenters. The highest BCUT2D eigenvalue weighted by Crippen LogP contribution is 2.36. The van der Waals surface area contributed by atoms with Crippen LogP contribution in [0.25, 0.3) is 16.6 Å². The van der Waals surface area contributed by atoms with E-state index in [4.69, 9.17) is 10.1 Å². The number of fused-ring (bicyclic) bond motifs is 1. The maximum Gasteiger partial charge on any atom is 0.258 e. The lowest BCUT2D eigenvalue weighted by Gasteiger charge is -2.21. The van der Waals surface area contributed by atoms with Gasteiger partial charge < -0.3 is 4.98 Å². The van der Waals surface area contributed by atoms with Gasteiger partial charge in [-0.15, -0.1) is 5.10 Å². The standard InChI is InChI=1S/C24H25N5OS/c1-16(21-25-20-15-9-8-14-19(20)23(30)26-21)31-24-27-22(17-10-4-2-5-11-17)29(28-24)18-12-6-3-7-13-18/h3,6-9,12-17H,2,4-5,10-11H2,1H3,(H,25,26,30)/t16-/m0/s1. The van der Waals surface area contributed by atoms with E-state index >= 15 is 0 Å². The summed E-state index contributed by atoms with van der Waals surface area (Å²) >= 11 is 1.53. The normalized spacial score (nSPS) is 15.9. The van der Waals surface area contributed by atoms with Crippen LogP contribution in [0.2, 0.25) is 0 Å². The minimum Gasteiger partial charge on any atom is -0.309 e. The van der Waals surface area contributed by atoms with Crippen molar-refractivity contribution in [1.29, 1.82) is 0 Å². The first-order valence-corrected chi connectivity index (χ1v) is 11.7. The topological polar surface area (TPSA) is 76.5 Å². The highest BCUT2D eigenvalue weighted by molar-refractivity contribution is 7.99. The molecule has 2 aromatic carbocycles. The van der Waals surface area contributed by atoms with E-state index in [2.05, 4.69) is 22.1 Å². The van der Waals surface area contributed by atoms with Crippen LogP contribution in [0.5, 0.6) is 0 Å². The molecule has 1 aliphatic carbocycles. The van der Waals surface area contributed by atoms with Gasteiger partial charge in [-0.3, -0.25) is 4.79 Å². The second kappa shape index (κ2) is 8.67. The number of para-hydroxylation sites is 2. The molecule has 1 N–H and O–H groups in total. The van der Waals surface area contributed by atoms with Gasteiger partial charge in [0, 0.05) is 5.92 Å². The SMILES string of the molecule is C[C@H](Sc1nc(C2CCCCC2)n(-c2ccccc2)n1)c1nc2ccccc2c(=O)[nH]1. The van der Waals surface area contributed by atoms with Crippen molar-refractivity contribution in [3.63, 3.8) is 0 Å². The number of nitrogens with zero attached hydrogens (tertiary/aromatic N) is 4. The van der Waals surface area contributed by atoms with Gasteiger partial charge in [-0.25, -0.2) is 14.6 Å². The molecule has 1 fully saturated rings. The van der Waals surface area contributed by atoms with Crippen LogP contribution in [0.15, 0.2) is 64.5 Å². The number of H-pyrrole nitrogens is 1. The first kappa shape index (κ1) is 20.0. The van der Waals surface area contributed by atoms with Crippen LogP contribution in [0.4, 0.5) is 0 Å². The van der Waals surface area contributed by atoms with Crippen molar-refractivity contribution in [1.82, 2.24) is 24.7 Å². The molecule has 5 rings (SSSR count). The Morgan fingerprint density at radius 1 is 1.00 bits per heavy atom. The predicted octanol–water partition coefficient (Wildman–Crippen LogP) is 5.40. The molecule has 0 spiro atoms. The van der Waals surface area contributed by atoms with Crippen molar-refractivity contribution in [2.24, 2.45) is 0 Å². The molecule has 1 aliphatic rings. The number of aromatic amines is 1. The predicted molar refractivity (Wildman–Crippen MR) is 124 cm³/mol. The fourth-order valence-corrected chi connectivity index (χ4v) is 5.06. The van der Waals surface area contributed by atoms with Crippen LogP contribution in [-0.2, 0) is 0 Å². The Bertz CT molecular complexity index is 1240. The van der Waals surface area contributed by atoms with Crippen LogP contribution in [0.3, 0.4) is 0 Å². The van der Waals surface area contributed by atoms with Gasteiger partial charge >= 0.3 is 0 Å². The lowest BCUT2D eigenvalue weighted by atomic mass is 9.88. The number of benzene rings is 2. The Morgan fingerprint density at radius 3 is 2.55 bits per heavy atom. The van der Waals surface area contributed by atoms with E-state index < -0.39 is 0 Å². The molecule has 6 nitrogen and oxygen atoms in total. The molecule has 31 heavy (non-hydrogen) atoms. The summed E-state index contributed by atoms with van der Waals surface area (Å²) in [5.74, 6) is 2.12. The zero-order valence-electron chi connectivity index (χ0n) is 17.5. The second-order valence-corrected chi connectivity index (χ2v) is 9.37. The first-order chi connectivity index (χ1) is 15.2. The van der Waals surface area contributed by atoms with E-state index in [1.807, 2.05) is 48.0 Å². The molecule has 4 aromatic rings. The van der Waals surface area contributed by atoms with E-state index in [0.29, 0.717) is 27.8 Å². The molecule has 2 heterocycles. The molecule has 0 saturated heterocycles. The maximum absolute atomic E-state index is 12.5. The Hall–Kier alpha value is -2.93. The minimum atomic E-state index is -0.112. The zero-order chi connectivity index (χ0) is 21.2. The van der Waals surface area contributed by atoms with Crippen LogP contribution in [0, 0.1) is 0 Å². The molecule has 0 radical (unpaired) electrons. The van der Waals surface area contributed by atoms with E-state index in [9.17, 15) is 4.79 Å². The number of hydrogen-bond donors (Lipinski definition) is 1. The average molecular weight is 432 g/mol. The lowest BCUT2D eigenvalue weighted by Crippen LogP contribution is -2.12. The molecule has 1 saturated carbocycles. The Labute approximate surface area is 185 Å². The Kier molecular flexibility index (Phi) is 5.59. The fraction of sp³-hybridized carbons (Fsp3) is 0.333. The van der Waals surface area contributed by atoms with Crippen LogP contribution < -0.4 is 5.56 Å². The lowest BCUT2D eigenvalue weighted by molar-refractivity contribution is 0.422. The van der Waals surface area contributed by atoms with E-state index in [0.717, 1.165) is 24.4 Å². The summed E-state index contributed by atoms with van der Waals surface area (Å²) in [5.41, 5.74) is 1.63. The summed E-state index contributed by atoms with van der Waals surface area (Å²) in [6, 6.07) is 17.6. The quantitative estimate of drug-likeness (QED) is 0.428. The molecule has 1 atom stereocenters. The molecule has 0 bridgehead atoms. The van der Waals surface area contributed by atoms with E-state index in [1.54, 1.807) is 6.07 Å². The molecule has 0 amide bonds. The molecular formula is C24H25N5OS. The summed E-state index contributed by atoms with van der Waals surface area (Å²) in [6.45, 7) is 2.03. The van der Waals surface area contributed by atoms with Crippen molar-refractivity contribution in [2.75, 3.05) is 0 Å². The van der Waals surface area contributed by atoms with Gasteiger partial charge in [0.05, 0.1) is 21.8 Å². The monoisotopic (exact) mass is 431 g/mol. The van der Waals surface area contributed by atoms with Crippen molar-refractivity contribution in [3.05, 3.63) is 76.6 Å². The van der Waals surface area contributed by atoms with Gasteiger partial charge in [-0.1, -0.05) is 61.4 Å². The summed E-state index contributed by atoms with van der Waals surface area (Å²) < 4.78 is 2.00. The fourth-order valence-electron chi connectivity index (χ4n) is 4.25. The molecule has 7 heteroatoms. The number of nitrogens with one attached hydrogen (secondary N) is 1. The summed E-state index contributed by atoms with van der Waals surface area (Å²) in [4.78, 5) is 25.0. The zero-order valence-corrected chi connectivity index (χ0v) is 18.3. The first-order valence-electron chi connectivity index (χ1n) is 10.9. The molecule has 158 valence electrons. The highest BCUT2D eigenvalue weighted by atomic mass is 32.2. The van der Waals surface area contributed by atoms with E-state index in [1.165, 1.54) is 31.0 Å². The van der Waals surface area contributed by atoms with Crippen molar-refractivity contribution < 1.29 is 0 Å². The summed E-state index contributed by atoms with van der Waals surface area (Å²) in [7, 11) is 0. The van der Waals surface area contributed by atoms with Gasteiger partial charge in [0.15, 0.2) is 0 Å². The van der Waals surface area contributed by atoms with Crippen molar-refractivity contribution in [2.45, 2.75) is 55.4 Å². The Morgan fingerprint density at radius 2 is 1.74 bits per heavy atom. The number of thioether (sulfide) groups is 1. The van der Waals surface area contributed by atoms with E-state index in [-0.39, 0.29) is 10.8 Å². The van der Waals surface area contributed by atoms with Crippen molar-refractivity contribution >= 4 is 22.7 Å². The van der Waals surface area contributed by atoms with Gasteiger partial charge in [0.1, 0.15) is 11.6 Å². The largest absolute Gasteiger partial charge is 0.309 e. The van der Waals surface area contributed by atoms with Gasteiger partial charge in [-0.05, 0) is 44.0 Å². The molecule has 2 aromatic heterocycles. The van der Waals surface area contributed by atoms with Gasteiger partial charge in [0.2, 0.25) is 5.16 Å². The third kappa shape index (κ3) is 4.14.